The van der Waals surface area contributed by atoms with Gasteiger partial charge in [-0.3, -0.25) is 4.79 Å². The van der Waals surface area contributed by atoms with Crippen LogP contribution in [-0.4, -0.2) is 22.5 Å². The molecule has 6 heteroatoms. The molecule has 0 saturated heterocycles. The van der Waals surface area contributed by atoms with Crippen LogP contribution >= 0.6 is 15.9 Å². The number of carboxylic acids is 1. The van der Waals surface area contributed by atoms with Crippen LogP contribution in [0, 0.1) is 5.82 Å². The third kappa shape index (κ3) is 2.25. The molecule has 4 nitrogen and oxygen atoms in total. The Balaban J connectivity index is 2.17. The van der Waals surface area contributed by atoms with E-state index in [4.69, 9.17) is 5.11 Å². The van der Waals surface area contributed by atoms with Crippen LogP contribution in [0.4, 0.5) is 4.39 Å². The lowest BCUT2D eigenvalue weighted by Crippen LogP contribution is -2.59. The largest absolute Gasteiger partial charge is 0.480 e. The van der Waals surface area contributed by atoms with Crippen LogP contribution in [-0.2, 0) is 4.79 Å². The Bertz CT molecular complexity index is 514. The Hall–Kier alpha value is -1.43. The van der Waals surface area contributed by atoms with E-state index in [9.17, 15) is 14.0 Å². The number of amides is 1. The summed E-state index contributed by atoms with van der Waals surface area (Å²) in [5.41, 5.74) is -0.923. The molecule has 0 heterocycles. The molecule has 0 radical (unpaired) electrons. The normalized spacial score (nSPS) is 16.8. The number of carbonyl (C=O) groups is 2. The Morgan fingerprint density at radius 3 is 2.50 bits per heavy atom. The minimum atomic E-state index is -1.15. The fourth-order valence-electron chi connectivity index (χ4n) is 1.85. The summed E-state index contributed by atoms with van der Waals surface area (Å²) in [5, 5.41) is 11.6. The van der Waals surface area contributed by atoms with Crippen molar-refractivity contribution in [2.75, 3.05) is 0 Å². The van der Waals surface area contributed by atoms with Crippen molar-refractivity contribution in [3.8, 4) is 0 Å². The Kier molecular flexibility index (Phi) is 3.38. The van der Waals surface area contributed by atoms with Gasteiger partial charge in [0.1, 0.15) is 11.4 Å². The highest BCUT2D eigenvalue weighted by Crippen LogP contribution is 2.32. The van der Waals surface area contributed by atoms with Gasteiger partial charge in [0.25, 0.3) is 5.91 Å². The van der Waals surface area contributed by atoms with Crippen molar-refractivity contribution in [3.05, 3.63) is 34.1 Å². The van der Waals surface area contributed by atoms with Crippen LogP contribution in [0.1, 0.15) is 29.6 Å². The standard InChI is InChI=1S/C12H11BrFNO3/c13-8-6-7(2-3-9(8)14)10(16)15-12(11(17)18)4-1-5-12/h2-3,6H,1,4-5H2,(H,15,16)(H,17,18). The molecular weight excluding hydrogens is 305 g/mol. The number of nitrogens with one attached hydrogen (secondary N) is 1. The smallest absolute Gasteiger partial charge is 0.329 e. The van der Waals surface area contributed by atoms with Crippen LogP contribution in [0.25, 0.3) is 0 Å². The lowest BCUT2D eigenvalue weighted by Gasteiger charge is -2.38. The summed E-state index contributed by atoms with van der Waals surface area (Å²) in [6, 6.07) is 3.82. The molecule has 2 rings (SSSR count). The van der Waals surface area contributed by atoms with Gasteiger partial charge in [-0.2, -0.15) is 0 Å². The van der Waals surface area contributed by atoms with E-state index < -0.39 is 23.2 Å². The molecule has 1 aromatic carbocycles. The molecule has 1 fully saturated rings. The molecule has 0 aromatic heterocycles. The molecule has 96 valence electrons. The first kappa shape index (κ1) is 13.0. The predicted octanol–water partition coefficient (Wildman–Crippen LogP) is 2.33. The van der Waals surface area contributed by atoms with Gasteiger partial charge >= 0.3 is 5.97 Å². The zero-order valence-corrected chi connectivity index (χ0v) is 11.0. The molecule has 1 aliphatic carbocycles. The van der Waals surface area contributed by atoms with E-state index in [2.05, 4.69) is 21.2 Å². The summed E-state index contributed by atoms with van der Waals surface area (Å²) in [5.74, 6) is -2.00. The zero-order chi connectivity index (χ0) is 13.3. The van der Waals surface area contributed by atoms with Gasteiger partial charge in [0, 0.05) is 5.56 Å². The van der Waals surface area contributed by atoms with Crippen molar-refractivity contribution < 1.29 is 19.1 Å². The summed E-state index contributed by atoms with van der Waals surface area (Å²) in [7, 11) is 0. The number of rotatable bonds is 3. The van der Waals surface area contributed by atoms with Crippen molar-refractivity contribution in [2.24, 2.45) is 0 Å². The van der Waals surface area contributed by atoms with E-state index in [1.54, 1.807) is 0 Å². The van der Waals surface area contributed by atoms with Crippen LogP contribution in [0.5, 0.6) is 0 Å². The molecule has 0 atom stereocenters. The summed E-state index contributed by atoms with van der Waals surface area (Å²) >= 11 is 2.98. The quantitative estimate of drug-likeness (QED) is 0.899. The summed E-state index contributed by atoms with van der Waals surface area (Å²) < 4.78 is 13.2. The van der Waals surface area contributed by atoms with Gasteiger partial charge in [-0.25, -0.2) is 9.18 Å². The van der Waals surface area contributed by atoms with Crippen LogP contribution in [0.15, 0.2) is 22.7 Å². The molecule has 0 bridgehead atoms. The number of hydrogen-bond acceptors (Lipinski definition) is 2. The highest BCUT2D eigenvalue weighted by atomic mass is 79.9. The SMILES string of the molecule is O=C(NC1(C(=O)O)CCC1)c1ccc(F)c(Br)c1. The van der Waals surface area contributed by atoms with Crippen molar-refractivity contribution in [1.82, 2.24) is 5.32 Å². The van der Waals surface area contributed by atoms with Crippen molar-refractivity contribution in [3.63, 3.8) is 0 Å². The lowest BCUT2D eigenvalue weighted by molar-refractivity contribution is -0.148. The second-order valence-corrected chi connectivity index (χ2v) is 5.18. The van der Waals surface area contributed by atoms with E-state index in [-0.39, 0.29) is 10.0 Å². The van der Waals surface area contributed by atoms with E-state index in [0.717, 1.165) is 12.5 Å². The predicted molar refractivity (Wildman–Crippen MR) is 65.8 cm³/mol. The monoisotopic (exact) mass is 315 g/mol. The Morgan fingerprint density at radius 1 is 1.39 bits per heavy atom. The fourth-order valence-corrected chi connectivity index (χ4v) is 2.23. The fraction of sp³-hybridized carbons (Fsp3) is 0.333. The number of hydrogen-bond donors (Lipinski definition) is 2. The molecule has 1 amide bonds. The average molecular weight is 316 g/mol. The number of carbonyl (C=O) groups excluding carboxylic acids is 1. The Morgan fingerprint density at radius 2 is 2.06 bits per heavy atom. The third-order valence-electron chi connectivity index (χ3n) is 3.15. The highest BCUT2D eigenvalue weighted by molar-refractivity contribution is 9.10. The third-order valence-corrected chi connectivity index (χ3v) is 3.76. The molecule has 1 aromatic rings. The second kappa shape index (κ2) is 4.68. The average Bonchev–Trinajstić information content (AvgIpc) is 2.26. The van der Waals surface area contributed by atoms with Gasteiger partial charge in [-0.05, 0) is 53.4 Å². The number of halogens is 2. The maximum absolute atomic E-state index is 13.0. The van der Waals surface area contributed by atoms with E-state index >= 15 is 0 Å². The maximum Gasteiger partial charge on any atom is 0.329 e. The first-order valence-electron chi connectivity index (χ1n) is 5.45. The zero-order valence-electron chi connectivity index (χ0n) is 9.37. The van der Waals surface area contributed by atoms with Crippen molar-refractivity contribution in [2.45, 2.75) is 24.8 Å². The van der Waals surface area contributed by atoms with Gasteiger partial charge in [0.05, 0.1) is 4.47 Å². The van der Waals surface area contributed by atoms with E-state index in [0.29, 0.717) is 12.8 Å². The minimum Gasteiger partial charge on any atom is -0.480 e. The topological polar surface area (TPSA) is 66.4 Å². The molecular formula is C12H11BrFNO3. The molecule has 0 spiro atoms. The summed E-state index contributed by atoms with van der Waals surface area (Å²) in [6.07, 6.45) is 1.63. The second-order valence-electron chi connectivity index (χ2n) is 4.32. The van der Waals surface area contributed by atoms with Gasteiger partial charge in [-0.15, -0.1) is 0 Å². The summed E-state index contributed by atoms with van der Waals surface area (Å²) in [4.78, 5) is 23.0. The van der Waals surface area contributed by atoms with Crippen LogP contribution in [0.2, 0.25) is 0 Å². The molecule has 1 aliphatic rings. The first-order chi connectivity index (χ1) is 8.44. The Labute approximate surface area is 111 Å². The van der Waals surface area contributed by atoms with Gasteiger partial charge in [0.2, 0.25) is 0 Å². The highest BCUT2D eigenvalue weighted by Gasteiger charge is 2.45. The van der Waals surface area contributed by atoms with Gasteiger partial charge in [-0.1, -0.05) is 0 Å². The van der Waals surface area contributed by atoms with Crippen LogP contribution in [0.3, 0.4) is 0 Å². The van der Waals surface area contributed by atoms with Crippen molar-refractivity contribution >= 4 is 27.8 Å². The molecule has 2 N–H and O–H groups in total. The van der Waals surface area contributed by atoms with Gasteiger partial charge in [0.15, 0.2) is 0 Å². The molecule has 1 saturated carbocycles. The number of benzene rings is 1. The van der Waals surface area contributed by atoms with Gasteiger partial charge < -0.3 is 10.4 Å². The number of carboxylic acid groups (broad SMARTS) is 1. The van der Waals surface area contributed by atoms with E-state index in [1.807, 2.05) is 0 Å². The minimum absolute atomic E-state index is 0.174. The van der Waals surface area contributed by atoms with E-state index in [1.165, 1.54) is 12.1 Å². The van der Waals surface area contributed by atoms with Crippen LogP contribution < -0.4 is 5.32 Å². The first-order valence-corrected chi connectivity index (χ1v) is 6.25. The molecule has 18 heavy (non-hydrogen) atoms. The lowest BCUT2D eigenvalue weighted by atomic mass is 9.76. The number of aliphatic carboxylic acids is 1. The summed E-state index contributed by atoms with van der Waals surface area (Å²) in [6.45, 7) is 0. The van der Waals surface area contributed by atoms with Crippen molar-refractivity contribution in [1.29, 1.82) is 0 Å². The molecule has 0 aliphatic heterocycles. The maximum atomic E-state index is 13.0. The molecule has 0 unspecified atom stereocenters.